The van der Waals surface area contributed by atoms with Gasteiger partial charge in [0.15, 0.2) is 0 Å². The molecule has 0 unspecified atom stereocenters. The van der Waals surface area contributed by atoms with Gasteiger partial charge >= 0.3 is 0 Å². The zero-order valence-electron chi connectivity index (χ0n) is 17.0. The second-order valence-electron chi connectivity index (χ2n) is 7.71. The molecule has 0 radical (unpaired) electrons. The number of nitrogens with zero attached hydrogens (tertiary/aromatic N) is 2. The fourth-order valence-corrected chi connectivity index (χ4v) is 4.95. The molecule has 0 saturated carbocycles. The molecule has 4 aromatic rings. The average molecular weight is 422 g/mol. The summed E-state index contributed by atoms with van der Waals surface area (Å²) in [4.78, 5) is 10.1. The highest BCUT2D eigenvalue weighted by Crippen LogP contribution is 2.31. The molecule has 1 aliphatic heterocycles. The predicted molar refractivity (Wildman–Crippen MR) is 122 cm³/mol. The van der Waals surface area contributed by atoms with E-state index < -0.39 is 0 Å². The SMILES string of the molecule is Cc1nc2cc(OCCCN3CC=C(c4c[nH]c5cccc(F)c45)CC3)ccc2s1. The van der Waals surface area contributed by atoms with E-state index in [0.717, 1.165) is 59.8 Å². The molecule has 2 aromatic heterocycles. The molecular weight excluding hydrogens is 397 g/mol. The molecule has 0 fully saturated rings. The van der Waals surface area contributed by atoms with E-state index in [-0.39, 0.29) is 5.82 Å². The fourth-order valence-electron chi connectivity index (χ4n) is 4.14. The lowest BCUT2D eigenvalue weighted by molar-refractivity contribution is 0.248. The molecule has 0 spiro atoms. The van der Waals surface area contributed by atoms with Gasteiger partial charge < -0.3 is 9.72 Å². The van der Waals surface area contributed by atoms with Gasteiger partial charge in [-0.25, -0.2) is 9.37 Å². The van der Waals surface area contributed by atoms with Crippen LogP contribution in [0.1, 0.15) is 23.4 Å². The first kappa shape index (κ1) is 19.3. The molecule has 1 N–H and O–H groups in total. The summed E-state index contributed by atoms with van der Waals surface area (Å²) in [5, 5.41) is 1.79. The van der Waals surface area contributed by atoms with Crippen molar-refractivity contribution in [1.29, 1.82) is 0 Å². The zero-order valence-corrected chi connectivity index (χ0v) is 17.8. The second-order valence-corrected chi connectivity index (χ2v) is 8.94. The van der Waals surface area contributed by atoms with Crippen LogP contribution in [0.4, 0.5) is 4.39 Å². The number of rotatable bonds is 6. The Morgan fingerprint density at radius 2 is 2.20 bits per heavy atom. The third kappa shape index (κ3) is 3.85. The number of halogens is 1. The standard InChI is InChI=1S/C24H24FN3OS/c1-16-27-22-14-18(6-7-23(22)30-16)29-13-3-10-28-11-8-17(9-12-28)19-15-26-21-5-2-4-20(25)24(19)21/h2,4-8,14-15,26H,3,9-13H2,1H3. The Hall–Kier alpha value is -2.70. The van der Waals surface area contributed by atoms with Crippen LogP contribution >= 0.6 is 11.3 Å². The molecule has 2 aromatic carbocycles. The van der Waals surface area contributed by atoms with E-state index in [1.807, 2.05) is 31.3 Å². The minimum atomic E-state index is -0.157. The number of H-pyrrole nitrogens is 1. The Balaban J connectivity index is 1.14. The van der Waals surface area contributed by atoms with E-state index in [1.54, 1.807) is 17.4 Å². The number of fused-ring (bicyclic) bond motifs is 2. The van der Waals surface area contributed by atoms with Crippen molar-refractivity contribution in [2.75, 3.05) is 26.2 Å². The minimum absolute atomic E-state index is 0.157. The van der Waals surface area contributed by atoms with Crippen molar-refractivity contribution >= 4 is 38.0 Å². The van der Waals surface area contributed by atoms with E-state index in [0.29, 0.717) is 12.0 Å². The topological polar surface area (TPSA) is 41.1 Å². The molecule has 0 atom stereocenters. The van der Waals surface area contributed by atoms with Crippen LogP contribution in [0.25, 0.3) is 26.7 Å². The lowest BCUT2D eigenvalue weighted by Crippen LogP contribution is -2.30. The summed E-state index contributed by atoms with van der Waals surface area (Å²) in [5.74, 6) is 0.727. The zero-order chi connectivity index (χ0) is 20.5. The number of hydrogen-bond acceptors (Lipinski definition) is 4. The number of hydrogen-bond donors (Lipinski definition) is 1. The molecule has 30 heavy (non-hydrogen) atoms. The number of aromatic amines is 1. The normalized spacial score (nSPS) is 15.1. The molecule has 0 saturated heterocycles. The van der Waals surface area contributed by atoms with Gasteiger partial charge in [-0.15, -0.1) is 11.3 Å². The molecule has 1 aliphatic rings. The third-order valence-corrected chi connectivity index (χ3v) is 6.60. The number of ether oxygens (including phenoxy) is 1. The van der Waals surface area contributed by atoms with Crippen molar-refractivity contribution in [1.82, 2.24) is 14.9 Å². The van der Waals surface area contributed by atoms with Crippen molar-refractivity contribution in [2.24, 2.45) is 0 Å². The largest absolute Gasteiger partial charge is 0.493 e. The lowest BCUT2D eigenvalue weighted by Gasteiger charge is -2.26. The Labute approximate surface area is 179 Å². The molecule has 0 bridgehead atoms. The van der Waals surface area contributed by atoms with Crippen LogP contribution in [0, 0.1) is 12.7 Å². The van der Waals surface area contributed by atoms with Gasteiger partial charge in [0.1, 0.15) is 11.6 Å². The van der Waals surface area contributed by atoms with Crippen LogP contribution in [-0.4, -0.2) is 41.1 Å². The third-order valence-electron chi connectivity index (χ3n) is 5.65. The van der Waals surface area contributed by atoms with Crippen molar-refractivity contribution in [3.63, 3.8) is 0 Å². The summed E-state index contributed by atoms with van der Waals surface area (Å²) in [6.07, 6.45) is 6.07. The van der Waals surface area contributed by atoms with Crippen LogP contribution in [-0.2, 0) is 0 Å². The van der Waals surface area contributed by atoms with E-state index in [9.17, 15) is 4.39 Å². The molecular formula is C24H24FN3OS. The van der Waals surface area contributed by atoms with Gasteiger partial charge in [-0.05, 0) is 49.6 Å². The highest BCUT2D eigenvalue weighted by Gasteiger charge is 2.17. The molecule has 0 aliphatic carbocycles. The predicted octanol–water partition coefficient (Wildman–Crippen LogP) is 5.78. The Morgan fingerprint density at radius 3 is 3.07 bits per heavy atom. The van der Waals surface area contributed by atoms with Crippen LogP contribution in [0.15, 0.2) is 48.7 Å². The Kier molecular flexibility index (Phi) is 5.27. The van der Waals surface area contributed by atoms with Gasteiger partial charge in [-0.3, -0.25) is 4.90 Å². The van der Waals surface area contributed by atoms with Gasteiger partial charge in [0.25, 0.3) is 0 Å². The molecule has 6 heteroatoms. The van der Waals surface area contributed by atoms with Gasteiger partial charge in [0.05, 0.1) is 21.8 Å². The monoisotopic (exact) mass is 421 g/mol. The number of aryl methyl sites for hydroxylation is 1. The maximum absolute atomic E-state index is 14.3. The van der Waals surface area contributed by atoms with Crippen molar-refractivity contribution in [3.05, 3.63) is 65.1 Å². The first-order valence-corrected chi connectivity index (χ1v) is 11.2. The highest BCUT2D eigenvalue weighted by molar-refractivity contribution is 7.18. The van der Waals surface area contributed by atoms with Crippen LogP contribution in [0.3, 0.4) is 0 Å². The maximum atomic E-state index is 14.3. The second kappa shape index (κ2) is 8.20. The summed E-state index contributed by atoms with van der Waals surface area (Å²) < 4.78 is 21.4. The lowest BCUT2D eigenvalue weighted by atomic mass is 9.98. The van der Waals surface area contributed by atoms with Crippen molar-refractivity contribution < 1.29 is 9.13 Å². The van der Waals surface area contributed by atoms with Gasteiger partial charge in [-0.1, -0.05) is 12.1 Å². The summed E-state index contributed by atoms with van der Waals surface area (Å²) in [5.41, 5.74) is 4.10. The number of nitrogens with one attached hydrogen (secondary N) is 1. The van der Waals surface area contributed by atoms with Crippen LogP contribution < -0.4 is 4.74 Å². The van der Waals surface area contributed by atoms with Gasteiger partial charge in [-0.2, -0.15) is 0 Å². The van der Waals surface area contributed by atoms with Gasteiger partial charge in [0, 0.05) is 48.4 Å². The molecule has 3 heterocycles. The summed E-state index contributed by atoms with van der Waals surface area (Å²) in [7, 11) is 0. The van der Waals surface area contributed by atoms with E-state index in [1.165, 1.54) is 16.3 Å². The van der Waals surface area contributed by atoms with Crippen LogP contribution in [0.2, 0.25) is 0 Å². The van der Waals surface area contributed by atoms with Crippen LogP contribution in [0.5, 0.6) is 5.75 Å². The molecule has 154 valence electrons. The van der Waals surface area contributed by atoms with E-state index in [2.05, 4.69) is 27.0 Å². The Bertz CT molecular complexity index is 1230. The van der Waals surface area contributed by atoms with Crippen molar-refractivity contribution in [3.8, 4) is 5.75 Å². The summed E-state index contributed by atoms with van der Waals surface area (Å²) in [6, 6.07) is 11.3. The van der Waals surface area contributed by atoms with E-state index in [4.69, 9.17) is 4.74 Å². The Morgan fingerprint density at radius 1 is 1.27 bits per heavy atom. The van der Waals surface area contributed by atoms with Gasteiger partial charge in [0.2, 0.25) is 0 Å². The molecule has 4 nitrogen and oxygen atoms in total. The number of aromatic nitrogens is 2. The first-order valence-electron chi connectivity index (χ1n) is 10.3. The first-order chi connectivity index (χ1) is 14.7. The maximum Gasteiger partial charge on any atom is 0.133 e. The number of thiazole rings is 1. The quantitative estimate of drug-likeness (QED) is 0.401. The average Bonchev–Trinajstić information content (AvgIpc) is 3.35. The summed E-state index contributed by atoms with van der Waals surface area (Å²) in [6.45, 7) is 5.58. The molecule has 0 amide bonds. The highest BCUT2D eigenvalue weighted by atomic mass is 32.1. The smallest absolute Gasteiger partial charge is 0.133 e. The molecule has 5 rings (SSSR count). The summed E-state index contributed by atoms with van der Waals surface area (Å²) >= 11 is 1.71. The van der Waals surface area contributed by atoms with Crippen molar-refractivity contribution in [2.45, 2.75) is 19.8 Å². The van der Waals surface area contributed by atoms with E-state index >= 15 is 0 Å². The minimum Gasteiger partial charge on any atom is -0.493 e. The number of benzene rings is 2. The fraction of sp³-hybridized carbons (Fsp3) is 0.292.